The van der Waals surface area contributed by atoms with Crippen LogP contribution in [-0.2, 0) is 43.6 Å². The molecule has 9 atom stereocenters. The molecule has 0 aromatic heterocycles. The first-order chi connectivity index (χ1) is 28.9. The average Bonchev–Trinajstić information content (AvgIpc) is 3.20. The van der Waals surface area contributed by atoms with Gasteiger partial charge in [-0.15, -0.1) is 0 Å². The van der Waals surface area contributed by atoms with Gasteiger partial charge >= 0.3 is 0 Å². The molecule has 4 amide bonds. The number of carbonyl (C=O) groups excluding carboxylic acids is 5. The second-order valence-corrected chi connectivity index (χ2v) is 20.0. The molecule has 5 unspecified atom stereocenters. The summed E-state index contributed by atoms with van der Waals surface area (Å²) in [6, 6.07) is 16.5. The van der Waals surface area contributed by atoms with Crippen molar-refractivity contribution in [2.45, 2.75) is 110 Å². The number of carbonyl (C=O) groups is 5. The third-order valence-corrected chi connectivity index (χ3v) is 11.7. The van der Waals surface area contributed by atoms with Crippen molar-refractivity contribution < 1.29 is 56.1 Å². The third kappa shape index (κ3) is 22.7. The highest BCUT2D eigenvalue weighted by Crippen LogP contribution is 2.13. The fourth-order valence-electron chi connectivity index (χ4n) is 6.17. The number of nitrogens with one attached hydrogen (secondary N) is 6. The van der Waals surface area contributed by atoms with Crippen molar-refractivity contribution in [1.29, 1.82) is 0 Å². The Hall–Kier alpha value is -4.31. The van der Waals surface area contributed by atoms with Gasteiger partial charge in [-0.1, -0.05) is 101 Å². The number of sulfone groups is 2. The molecule has 9 N–H and O–H groups in total. The Morgan fingerprint density at radius 1 is 0.581 bits per heavy atom. The zero-order valence-corrected chi connectivity index (χ0v) is 38.6. The van der Waals surface area contributed by atoms with Crippen molar-refractivity contribution in [2.75, 3.05) is 37.1 Å². The summed E-state index contributed by atoms with van der Waals surface area (Å²) in [6.07, 6.45) is -0.604. The molecule has 0 saturated carbocycles. The van der Waals surface area contributed by atoms with Crippen LogP contribution in [0.1, 0.15) is 90.4 Å². The Balaban J connectivity index is 0.000000620. The Bertz CT molecular complexity index is 1920. The molecular weight excluding hydrogens is 845 g/mol. The van der Waals surface area contributed by atoms with E-state index < -0.39 is 85.7 Å². The van der Waals surface area contributed by atoms with Gasteiger partial charge in [0.15, 0.2) is 12.0 Å². The van der Waals surface area contributed by atoms with E-state index >= 15 is 0 Å². The molecule has 0 saturated heterocycles. The number of aliphatic hydroxyl groups is 3. The number of ketones is 1. The van der Waals surface area contributed by atoms with Crippen LogP contribution in [0.15, 0.2) is 60.7 Å². The number of benzene rings is 2. The Kier molecular flexibility index (Phi) is 24.9. The lowest BCUT2D eigenvalue weighted by molar-refractivity contribution is -0.135. The van der Waals surface area contributed by atoms with E-state index in [4.69, 9.17) is 0 Å². The Labute approximate surface area is 366 Å². The molecular formula is C42H68N6O12S2. The highest BCUT2D eigenvalue weighted by molar-refractivity contribution is 7.90. The topological polar surface area (TPSA) is 286 Å². The number of rotatable bonds is 26. The molecule has 0 fully saturated rings. The van der Waals surface area contributed by atoms with E-state index in [1.54, 1.807) is 0 Å². The van der Waals surface area contributed by atoms with E-state index in [2.05, 4.69) is 31.9 Å². The van der Waals surface area contributed by atoms with Crippen LogP contribution < -0.4 is 31.9 Å². The highest BCUT2D eigenvalue weighted by Gasteiger charge is 2.31. The molecule has 2 aromatic carbocycles. The van der Waals surface area contributed by atoms with Gasteiger partial charge in [0, 0.05) is 24.3 Å². The fraction of sp³-hybridized carbons (Fsp3) is 0.595. The normalized spacial score (nSPS) is 16.0. The number of hydrogen-bond acceptors (Lipinski definition) is 14. The maximum absolute atomic E-state index is 12.6. The summed E-state index contributed by atoms with van der Waals surface area (Å²) in [6.45, 7) is 9.74. The molecule has 20 heteroatoms. The molecule has 2 aromatic rings. The maximum Gasteiger partial charge on any atom is 0.234 e. The predicted octanol–water partition coefficient (Wildman–Crippen LogP) is 0.405. The summed E-state index contributed by atoms with van der Waals surface area (Å²) < 4.78 is 45.6. The molecule has 0 aliphatic rings. The summed E-state index contributed by atoms with van der Waals surface area (Å²) >= 11 is 0. The third-order valence-electron chi connectivity index (χ3n) is 9.45. The van der Waals surface area contributed by atoms with E-state index in [1.807, 2.05) is 88.4 Å². The largest absolute Gasteiger partial charge is 0.387 e. The lowest BCUT2D eigenvalue weighted by Gasteiger charge is -2.29. The summed E-state index contributed by atoms with van der Waals surface area (Å²) in [5, 5.41) is 46.6. The molecule has 2 rings (SSSR count). The van der Waals surface area contributed by atoms with Crippen LogP contribution in [0.2, 0.25) is 0 Å². The van der Waals surface area contributed by atoms with Crippen molar-refractivity contribution in [3.63, 3.8) is 0 Å². The minimum Gasteiger partial charge on any atom is -0.387 e. The molecule has 0 aliphatic carbocycles. The summed E-state index contributed by atoms with van der Waals surface area (Å²) in [4.78, 5) is 61.4. The fourth-order valence-corrected chi connectivity index (χ4v) is 8.29. The molecule has 0 spiro atoms. The minimum absolute atomic E-state index is 0.221. The number of hydrogen-bond donors (Lipinski definition) is 9. The lowest BCUT2D eigenvalue weighted by atomic mass is 10.0. The van der Waals surface area contributed by atoms with Crippen molar-refractivity contribution in [3.8, 4) is 0 Å². The van der Waals surface area contributed by atoms with Gasteiger partial charge in [-0.3, -0.25) is 34.6 Å². The zero-order valence-electron chi connectivity index (χ0n) is 37.0. The van der Waals surface area contributed by atoms with Crippen LogP contribution in [0.4, 0.5) is 0 Å². The molecule has 18 nitrogen and oxygen atoms in total. The monoisotopic (exact) mass is 912 g/mol. The van der Waals surface area contributed by atoms with E-state index in [0.717, 1.165) is 23.6 Å². The quantitative estimate of drug-likeness (QED) is 0.0579. The molecule has 0 aliphatic heterocycles. The molecule has 0 bridgehead atoms. The maximum atomic E-state index is 12.6. The summed E-state index contributed by atoms with van der Waals surface area (Å²) in [5.74, 6) is -4.84. The van der Waals surface area contributed by atoms with Gasteiger partial charge in [0.25, 0.3) is 0 Å². The van der Waals surface area contributed by atoms with Crippen molar-refractivity contribution in [3.05, 3.63) is 71.8 Å². The van der Waals surface area contributed by atoms with Crippen LogP contribution in [0, 0.1) is 11.8 Å². The van der Waals surface area contributed by atoms with Crippen LogP contribution in [0.5, 0.6) is 0 Å². The zero-order chi connectivity index (χ0) is 47.2. The number of amides is 4. The van der Waals surface area contributed by atoms with Crippen LogP contribution in [-0.4, -0.2) is 129 Å². The Morgan fingerprint density at radius 3 is 1.39 bits per heavy atom. The number of Topliss-reactive ketones (excluding diaryl/α,β-unsaturated/α-hetero) is 1. The second-order valence-electron chi connectivity index (χ2n) is 15.6. The van der Waals surface area contributed by atoms with Gasteiger partial charge in [-0.05, 0) is 37.8 Å². The first-order valence-corrected chi connectivity index (χ1v) is 24.7. The van der Waals surface area contributed by atoms with Crippen molar-refractivity contribution in [2.24, 2.45) is 11.8 Å². The summed E-state index contributed by atoms with van der Waals surface area (Å²) in [5.41, 5.74) is 1.85. The smallest absolute Gasteiger partial charge is 0.234 e. The predicted molar refractivity (Wildman–Crippen MR) is 236 cm³/mol. The highest BCUT2D eigenvalue weighted by atomic mass is 32.2. The molecule has 0 radical (unpaired) electrons. The van der Waals surface area contributed by atoms with Crippen LogP contribution >= 0.6 is 0 Å². The van der Waals surface area contributed by atoms with Crippen LogP contribution in [0.25, 0.3) is 0 Å². The van der Waals surface area contributed by atoms with Gasteiger partial charge in [0.1, 0.15) is 32.0 Å². The second kappa shape index (κ2) is 27.7. The SMILES string of the molecule is CCCC(NC(=O)C(C)CS(C)(=O)=O)C(=O)[C@H](O)NCC(=O)N[C@H](C)c1ccccc1.CCCC(NC(=O)C(C)CS(C)(=O)=O)C(O)[C@H](O)NCC(=O)N[C@H](C)c1ccccc1. The minimum atomic E-state index is -3.35. The van der Waals surface area contributed by atoms with E-state index in [9.17, 15) is 56.1 Å². The van der Waals surface area contributed by atoms with Crippen LogP contribution in [0.3, 0.4) is 0 Å². The lowest BCUT2D eigenvalue weighted by Crippen LogP contribution is -2.55. The summed E-state index contributed by atoms with van der Waals surface area (Å²) in [7, 11) is -6.68. The first kappa shape index (κ1) is 55.7. The van der Waals surface area contributed by atoms with Gasteiger partial charge in [0.05, 0.1) is 48.8 Å². The van der Waals surface area contributed by atoms with Gasteiger partial charge in [-0.25, -0.2) is 16.8 Å². The first-order valence-electron chi connectivity index (χ1n) is 20.6. The van der Waals surface area contributed by atoms with Crippen molar-refractivity contribution in [1.82, 2.24) is 31.9 Å². The van der Waals surface area contributed by atoms with E-state index in [1.165, 1.54) is 13.8 Å². The van der Waals surface area contributed by atoms with Crippen molar-refractivity contribution >= 4 is 49.1 Å². The number of aliphatic hydroxyl groups excluding tert-OH is 3. The Morgan fingerprint density at radius 2 is 0.984 bits per heavy atom. The van der Waals surface area contributed by atoms with Gasteiger partial charge in [0.2, 0.25) is 23.6 Å². The van der Waals surface area contributed by atoms with E-state index in [0.29, 0.717) is 19.3 Å². The van der Waals surface area contributed by atoms with E-state index in [-0.39, 0.29) is 49.0 Å². The van der Waals surface area contributed by atoms with Gasteiger partial charge < -0.3 is 36.6 Å². The molecule has 350 valence electrons. The molecule has 62 heavy (non-hydrogen) atoms. The molecule has 0 heterocycles. The average molecular weight is 913 g/mol. The standard InChI is InChI=1S/C21H35N3O6S.C21H33N3O6S/c2*1-5-9-17(24-20(27)14(2)13-31(4,29)30)19(26)21(28)22-12-18(25)23-15(3)16-10-7-6-8-11-16/h6-8,10-11,14-15,17,19,21-22,26,28H,5,9,12-13H2,1-4H3,(H,23,25)(H,24,27);6-8,10-11,14-15,17,21-22,28H,5,9,12-13H2,1-4H3,(H,23,25)(H,24,27)/t14?,15-,17?,19?,21+;14?,15-,17?,21+/m11/s1. The van der Waals surface area contributed by atoms with Gasteiger partial charge in [-0.2, -0.15) is 0 Å².